The fourth-order valence-electron chi connectivity index (χ4n) is 4.39. The van der Waals surface area contributed by atoms with Crippen molar-refractivity contribution in [3.8, 4) is 0 Å². The molecule has 1 aromatic heterocycles. The van der Waals surface area contributed by atoms with Gasteiger partial charge in [0.05, 0.1) is 11.9 Å². The van der Waals surface area contributed by atoms with Crippen LogP contribution in [0.2, 0.25) is 0 Å². The molecule has 0 bridgehead atoms. The van der Waals surface area contributed by atoms with Crippen LogP contribution in [0, 0.1) is 5.41 Å². The van der Waals surface area contributed by atoms with Gasteiger partial charge in [-0.15, -0.1) is 0 Å². The summed E-state index contributed by atoms with van der Waals surface area (Å²) in [5.74, 6) is -0.580. The number of rotatable bonds is 3. The Morgan fingerprint density at radius 1 is 1.20 bits per heavy atom. The van der Waals surface area contributed by atoms with Gasteiger partial charge in [0.15, 0.2) is 5.78 Å². The largest absolute Gasteiger partial charge is 0.362 e. The molecule has 1 atom stereocenters. The summed E-state index contributed by atoms with van der Waals surface area (Å²) in [6.45, 7) is 6.11. The third-order valence-corrected chi connectivity index (χ3v) is 6.34. The third-order valence-electron chi connectivity index (χ3n) is 5.62. The van der Waals surface area contributed by atoms with Crippen LogP contribution in [0.15, 0.2) is 75.8 Å². The van der Waals surface area contributed by atoms with Crippen molar-refractivity contribution >= 4 is 33.3 Å². The summed E-state index contributed by atoms with van der Waals surface area (Å²) in [6.07, 6.45) is 4.50. The van der Waals surface area contributed by atoms with Gasteiger partial charge in [0.2, 0.25) is 0 Å². The molecule has 2 aromatic rings. The fraction of sp³-hybridized carbons (Fsp3) is 0.292. The molecule has 5 nitrogen and oxygen atoms in total. The van der Waals surface area contributed by atoms with E-state index in [1.165, 1.54) is 0 Å². The van der Waals surface area contributed by atoms with Crippen LogP contribution < -0.4 is 10.6 Å². The molecule has 30 heavy (non-hydrogen) atoms. The van der Waals surface area contributed by atoms with Crippen LogP contribution >= 0.6 is 15.9 Å². The fourth-order valence-corrected chi connectivity index (χ4v) is 4.91. The molecule has 1 aliphatic heterocycles. The number of pyridine rings is 1. The second-order valence-electron chi connectivity index (χ2n) is 8.65. The normalized spacial score (nSPS) is 20.5. The van der Waals surface area contributed by atoms with Crippen molar-refractivity contribution in [3.05, 3.63) is 81.4 Å². The Bertz CT molecular complexity index is 1090. The number of aromatic nitrogens is 1. The minimum absolute atomic E-state index is 0.0914. The highest BCUT2D eigenvalue weighted by Crippen LogP contribution is 2.47. The van der Waals surface area contributed by atoms with Crippen LogP contribution in [0.3, 0.4) is 0 Å². The van der Waals surface area contributed by atoms with Crippen molar-refractivity contribution in [1.82, 2.24) is 10.3 Å². The number of halogens is 1. The smallest absolute Gasteiger partial charge is 0.254 e. The number of carbonyl (C=O) groups excluding carboxylic acids is 2. The van der Waals surface area contributed by atoms with Crippen molar-refractivity contribution in [2.45, 2.75) is 39.5 Å². The first-order valence-corrected chi connectivity index (χ1v) is 10.8. The average Bonchev–Trinajstić information content (AvgIpc) is 2.67. The molecular formula is C24H24BrN3O2. The quantitative estimate of drug-likeness (QED) is 0.662. The van der Waals surface area contributed by atoms with Gasteiger partial charge in [0, 0.05) is 45.5 Å². The van der Waals surface area contributed by atoms with Crippen LogP contribution in [0.5, 0.6) is 0 Å². The lowest BCUT2D eigenvalue weighted by molar-refractivity contribution is -0.118. The summed E-state index contributed by atoms with van der Waals surface area (Å²) in [6, 6.07) is 11.4. The summed E-state index contributed by atoms with van der Waals surface area (Å²) in [4.78, 5) is 30.8. The minimum atomic E-state index is -0.433. The van der Waals surface area contributed by atoms with Gasteiger partial charge < -0.3 is 10.6 Å². The van der Waals surface area contributed by atoms with Gasteiger partial charge in [-0.2, -0.15) is 0 Å². The molecule has 6 heteroatoms. The van der Waals surface area contributed by atoms with Gasteiger partial charge in [0.1, 0.15) is 0 Å². The number of hydrogen-bond donors (Lipinski definition) is 2. The van der Waals surface area contributed by atoms with E-state index in [-0.39, 0.29) is 17.1 Å². The maximum atomic E-state index is 13.4. The Balaban J connectivity index is 1.84. The van der Waals surface area contributed by atoms with Gasteiger partial charge >= 0.3 is 0 Å². The first kappa shape index (κ1) is 20.5. The Kier molecular flexibility index (Phi) is 5.36. The monoisotopic (exact) mass is 465 g/mol. The Hall–Kier alpha value is -2.73. The van der Waals surface area contributed by atoms with E-state index >= 15 is 0 Å². The highest BCUT2D eigenvalue weighted by Gasteiger charge is 2.43. The molecule has 0 spiro atoms. The van der Waals surface area contributed by atoms with Crippen LogP contribution in [-0.4, -0.2) is 16.7 Å². The van der Waals surface area contributed by atoms with Crippen molar-refractivity contribution < 1.29 is 9.59 Å². The number of benzene rings is 1. The number of anilines is 1. The van der Waals surface area contributed by atoms with Gasteiger partial charge in [-0.25, -0.2) is 0 Å². The van der Waals surface area contributed by atoms with Crippen molar-refractivity contribution in [1.29, 1.82) is 0 Å². The first-order valence-electron chi connectivity index (χ1n) is 9.97. The number of nitrogens with zero attached hydrogens (tertiary/aromatic N) is 1. The first-order chi connectivity index (χ1) is 14.3. The van der Waals surface area contributed by atoms with E-state index < -0.39 is 5.92 Å². The van der Waals surface area contributed by atoms with Crippen molar-refractivity contribution in [2.24, 2.45) is 5.41 Å². The molecule has 154 valence electrons. The zero-order chi connectivity index (χ0) is 21.5. The van der Waals surface area contributed by atoms with Gasteiger partial charge in [-0.3, -0.25) is 14.6 Å². The van der Waals surface area contributed by atoms with Crippen LogP contribution in [0.25, 0.3) is 0 Å². The number of ketones is 1. The molecule has 1 unspecified atom stereocenters. The van der Waals surface area contributed by atoms with E-state index in [1.807, 2.05) is 31.2 Å². The number of dihydropyridines is 1. The molecule has 0 saturated heterocycles. The van der Waals surface area contributed by atoms with E-state index in [4.69, 9.17) is 0 Å². The lowest BCUT2D eigenvalue weighted by Gasteiger charge is -2.39. The number of Topliss-reactive ketones (excluding diaryl/α,β-unsaturated/α-hetero) is 1. The molecular weight excluding hydrogens is 442 g/mol. The number of allylic oxidation sites excluding steroid dienone is 3. The maximum absolute atomic E-state index is 13.4. The number of amides is 1. The highest BCUT2D eigenvalue weighted by atomic mass is 79.9. The summed E-state index contributed by atoms with van der Waals surface area (Å²) >= 11 is 3.64. The minimum Gasteiger partial charge on any atom is -0.362 e. The molecule has 4 rings (SSSR count). The molecule has 1 aliphatic carbocycles. The van der Waals surface area contributed by atoms with E-state index in [0.717, 1.165) is 27.9 Å². The van der Waals surface area contributed by atoms with Gasteiger partial charge in [-0.05, 0) is 42.5 Å². The summed E-state index contributed by atoms with van der Waals surface area (Å²) in [5.41, 5.74) is 4.35. The SMILES string of the molecule is CC1=C(C(=O)Nc2cccnc2)C(c2ccccc2Br)C2=C(CC(C)(C)CC2=O)N1. The average molecular weight is 466 g/mol. The zero-order valence-electron chi connectivity index (χ0n) is 17.3. The van der Waals surface area contributed by atoms with Crippen LogP contribution in [-0.2, 0) is 9.59 Å². The summed E-state index contributed by atoms with van der Waals surface area (Å²) in [7, 11) is 0. The second-order valence-corrected chi connectivity index (χ2v) is 9.50. The molecule has 2 N–H and O–H groups in total. The Morgan fingerprint density at radius 2 is 1.97 bits per heavy atom. The Labute approximate surface area is 184 Å². The van der Waals surface area contributed by atoms with Crippen molar-refractivity contribution in [3.63, 3.8) is 0 Å². The standard InChI is InChI=1S/C24H24BrN3O2/c1-14-20(23(30)28-15-7-6-10-26-13-15)21(16-8-4-5-9-17(16)25)22-18(27-14)11-24(2,3)12-19(22)29/h4-10,13,21,27H,11-12H2,1-3H3,(H,28,30). The highest BCUT2D eigenvalue weighted by molar-refractivity contribution is 9.10. The lowest BCUT2D eigenvalue weighted by Crippen LogP contribution is -2.39. The second kappa shape index (κ2) is 7.84. The number of nitrogens with one attached hydrogen (secondary N) is 2. The van der Waals surface area contributed by atoms with Crippen LogP contribution in [0.4, 0.5) is 5.69 Å². The summed E-state index contributed by atoms with van der Waals surface area (Å²) < 4.78 is 0.876. The Morgan fingerprint density at radius 3 is 2.67 bits per heavy atom. The zero-order valence-corrected chi connectivity index (χ0v) is 18.8. The summed E-state index contributed by atoms with van der Waals surface area (Å²) in [5, 5.41) is 6.33. The lowest BCUT2D eigenvalue weighted by atomic mass is 9.68. The van der Waals surface area contributed by atoms with Crippen molar-refractivity contribution in [2.75, 3.05) is 5.32 Å². The van der Waals surface area contributed by atoms with Gasteiger partial charge in [-0.1, -0.05) is 48.0 Å². The molecule has 2 aliphatic rings. The molecule has 0 fully saturated rings. The maximum Gasteiger partial charge on any atom is 0.254 e. The molecule has 1 amide bonds. The van der Waals surface area contributed by atoms with E-state index in [1.54, 1.807) is 24.5 Å². The topological polar surface area (TPSA) is 71.1 Å². The predicted octanol–water partition coefficient (Wildman–Crippen LogP) is 5.09. The molecule has 0 saturated carbocycles. The molecule has 2 heterocycles. The van der Waals surface area contributed by atoms with Gasteiger partial charge in [0.25, 0.3) is 5.91 Å². The van der Waals surface area contributed by atoms with E-state index in [0.29, 0.717) is 23.3 Å². The number of hydrogen-bond acceptors (Lipinski definition) is 4. The van der Waals surface area contributed by atoms with Crippen LogP contribution in [0.1, 0.15) is 45.1 Å². The number of carbonyl (C=O) groups is 2. The third kappa shape index (κ3) is 3.84. The molecule has 1 aromatic carbocycles. The predicted molar refractivity (Wildman–Crippen MR) is 121 cm³/mol. The molecule has 0 radical (unpaired) electrons. The van der Waals surface area contributed by atoms with E-state index in [2.05, 4.69) is 45.4 Å². The van der Waals surface area contributed by atoms with E-state index in [9.17, 15) is 9.59 Å².